The summed E-state index contributed by atoms with van der Waals surface area (Å²) >= 11 is 6.77. The molecule has 0 spiro atoms. The predicted octanol–water partition coefficient (Wildman–Crippen LogP) is 3.78. The van der Waals surface area contributed by atoms with Crippen molar-refractivity contribution in [2.75, 3.05) is 0 Å². The molecule has 0 radical (unpaired) electrons. The smallest absolute Gasteiger partial charge is 0.323 e. The lowest BCUT2D eigenvalue weighted by molar-refractivity contribution is -0.138. The summed E-state index contributed by atoms with van der Waals surface area (Å²) in [4.78, 5) is 0.388. The van der Waals surface area contributed by atoms with Crippen molar-refractivity contribution in [1.82, 2.24) is 0 Å². The maximum atomic E-state index is 11.9. The number of alkyl halides is 3. The molecular weight excluding hydrogens is 258 g/mol. The van der Waals surface area contributed by atoms with Gasteiger partial charge in [0.1, 0.15) is 0 Å². The number of nitrogens with two attached hydrogens (primary N) is 1. The summed E-state index contributed by atoms with van der Waals surface area (Å²) in [6.07, 6.45) is -5.28. The second-order valence-electron chi connectivity index (χ2n) is 2.56. The van der Waals surface area contributed by atoms with E-state index in [-0.39, 0.29) is 12.4 Å². The van der Waals surface area contributed by atoms with Gasteiger partial charge in [-0.1, -0.05) is 11.6 Å². The van der Waals surface area contributed by atoms with Crippen LogP contribution < -0.4 is 5.73 Å². The number of thiophene rings is 1. The lowest BCUT2D eigenvalue weighted by atomic mass is 10.2. The lowest BCUT2D eigenvalue weighted by Gasteiger charge is -2.12. The van der Waals surface area contributed by atoms with Gasteiger partial charge in [-0.15, -0.1) is 23.7 Å². The first-order valence-corrected chi connectivity index (χ1v) is 4.71. The fourth-order valence-electron chi connectivity index (χ4n) is 0.912. The first-order chi connectivity index (χ1) is 5.90. The van der Waals surface area contributed by atoms with Crippen LogP contribution in [-0.2, 0) is 0 Å². The third kappa shape index (κ3) is 4.04. The molecule has 1 aromatic rings. The van der Waals surface area contributed by atoms with Crippen LogP contribution >= 0.6 is 35.3 Å². The van der Waals surface area contributed by atoms with Crippen LogP contribution in [0.3, 0.4) is 0 Å². The molecular formula is C7H8Cl2F3NS. The number of hydrogen-bond donors (Lipinski definition) is 1. The minimum atomic E-state index is -4.24. The van der Waals surface area contributed by atoms with Crippen molar-refractivity contribution in [3.8, 4) is 0 Å². The Morgan fingerprint density at radius 1 is 1.50 bits per heavy atom. The number of halogens is 5. The van der Waals surface area contributed by atoms with Crippen LogP contribution in [0.25, 0.3) is 0 Å². The molecule has 2 N–H and O–H groups in total. The second-order valence-corrected chi connectivity index (χ2v) is 3.91. The fraction of sp³-hybridized carbons (Fsp3) is 0.429. The van der Waals surface area contributed by atoms with Crippen molar-refractivity contribution < 1.29 is 13.2 Å². The summed E-state index contributed by atoms with van der Waals surface area (Å²) in [7, 11) is 0. The van der Waals surface area contributed by atoms with Gasteiger partial charge in [-0.3, -0.25) is 0 Å². The Morgan fingerprint density at radius 3 is 2.43 bits per heavy atom. The van der Waals surface area contributed by atoms with Gasteiger partial charge in [-0.25, -0.2) is 0 Å². The molecule has 0 unspecified atom stereocenters. The first-order valence-electron chi connectivity index (χ1n) is 3.45. The van der Waals surface area contributed by atoms with Crippen molar-refractivity contribution >= 4 is 35.3 Å². The van der Waals surface area contributed by atoms with E-state index in [4.69, 9.17) is 17.3 Å². The van der Waals surface area contributed by atoms with E-state index in [1.165, 1.54) is 6.07 Å². The van der Waals surface area contributed by atoms with Gasteiger partial charge in [-0.2, -0.15) is 13.2 Å². The van der Waals surface area contributed by atoms with Gasteiger partial charge in [0, 0.05) is 10.9 Å². The van der Waals surface area contributed by atoms with E-state index in [9.17, 15) is 13.2 Å². The van der Waals surface area contributed by atoms with Crippen LogP contribution in [0.15, 0.2) is 11.4 Å². The molecule has 0 amide bonds. The zero-order valence-electron chi connectivity index (χ0n) is 6.84. The summed E-state index contributed by atoms with van der Waals surface area (Å²) in [6.45, 7) is 0. The minimum Gasteiger partial charge on any atom is -0.323 e. The van der Waals surface area contributed by atoms with Gasteiger partial charge >= 0.3 is 6.18 Å². The van der Waals surface area contributed by atoms with Crippen molar-refractivity contribution in [3.63, 3.8) is 0 Å². The van der Waals surface area contributed by atoms with E-state index in [0.717, 1.165) is 11.3 Å². The Kier molecular flexibility index (Phi) is 5.22. The average Bonchev–Trinajstić information content (AvgIpc) is 2.30. The maximum absolute atomic E-state index is 11.9. The summed E-state index contributed by atoms with van der Waals surface area (Å²) in [5.74, 6) is 0. The molecule has 0 aliphatic rings. The van der Waals surface area contributed by atoms with Gasteiger partial charge in [0.15, 0.2) is 0 Å². The van der Waals surface area contributed by atoms with Crippen LogP contribution in [-0.4, -0.2) is 6.18 Å². The Bertz CT molecular complexity index is 287. The summed E-state index contributed by atoms with van der Waals surface area (Å²) < 4.78 is 35.7. The fourth-order valence-corrected chi connectivity index (χ4v) is 2.11. The van der Waals surface area contributed by atoms with Gasteiger partial charge in [0.25, 0.3) is 0 Å². The molecule has 1 nitrogen and oxygen atoms in total. The van der Waals surface area contributed by atoms with Gasteiger partial charge in [0.2, 0.25) is 0 Å². The SMILES string of the molecule is Cl.N[C@H](CC(F)(F)F)c1sccc1Cl. The molecule has 14 heavy (non-hydrogen) atoms. The van der Waals surface area contributed by atoms with E-state index in [1.54, 1.807) is 5.38 Å². The molecule has 0 aliphatic carbocycles. The topological polar surface area (TPSA) is 26.0 Å². The van der Waals surface area contributed by atoms with E-state index in [2.05, 4.69) is 0 Å². The highest BCUT2D eigenvalue weighted by atomic mass is 35.5. The molecule has 0 bridgehead atoms. The van der Waals surface area contributed by atoms with Crippen LogP contribution in [0.1, 0.15) is 17.3 Å². The van der Waals surface area contributed by atoms with E-state index < -0.39 is 18.6 Å². The Hall–Kier alpha value is 0.0300. The van der Waals surface area contributed by atoms with Crippen molar-refractivity contribution in [2.45, 2.75) is 18.6 Å². The highest BCUT2D eigenvalue weighted by molar-refractivity contribution is 7.10. The molecule has 0 saturated heterocycles. The normalized spacial score (nSPS) is 13.5. The minimum absolute atomic E-state index is 0. The summed E-state index contributed by atoms with van der Waals surface area (Å²) in [6, 6.07) is 0.491. The molecule has 1 atom stereocenters. The van der Waals surface area contributed by atoms with Crippen molar-refractivity contribution in [2.24, 2.45) is 5.73 Å². The molecule has 1 heterocycles. The molecule has 7 heteroatoms. The number of rotatable bonds is 2. The molecule has 0 aromatic carbocycles. The van der Waals surface area contributed by atoms with Gasteiger partial charge in [0.05, 0.1) is 11.4 Å². The van der Waals surface area contributed by atoms with Crippen LogP contribution in [0.5, 0.6) is 0 Å². The van der Waals surface area contributed by atoms with E-state index in [1.807, 2.05) is 0 Å². The van der Waals surface area contributed by atoms with Crippen LogP contribution in [0, 0.1) is 0 Å². The molecule has 0 saturated carbocycles. The zero-order chi connectivity index (χ0) is 10.1. The van der Waals surface area contributed by atoms with E-state index >= 15 is 0 Å². The lowest BCUT2D eigenvalue weighted by Crippen LogP contribution is -2.19. The monoisotopic (exact) mass is 265 g/mol. The van der Waals surface area contributed by atoms with Gasteiger partial charge < -0.3 is 5.73 Å². The Labute approximate surface area is 94.5 Å². The second kappa shape index (κ2) is 5.21. The first kappa shape index (κ1) is 14.0. The largest absolute Gasteiger partial charge is 0.390 e. The van der Waals surface area contributed by atoms with Crippen LogP contribution in [0.2, 0.25) is 5.02 Å². The van der Waals surface area contributed by atoms with Gasteiger partial charge in [-0.05, 0) is 11.4 Å². The quantitative estimate of drug-likeness (QED) is 0.866. The third-order valence-corrected chi connectivity index (χ3v) is 2.92. The average molecular weight is 266 g/mol. The Morgan fingerprint density at radius 2 is 2.07 bits per heavy atom. The standard InChI is InChI=1S/C7H7ClF3NS.ClH/c8-4-1-2-13-6(4)5(12)3-7(9,10)11;/h1-2,5H,3,12H2;1H/t5-;/m1./s1. The zero-order valence-corrected chi connectivity index (χ0v) is 9.23. The number of hydrogen-bond acceptors (Lipinski definition) is 2. The molecule has 0 fully saturated rings. The summed E-state index contributed by atoms with van der Waals surface area (Å²) in [5, 5.41) is 1.93. The maximum Gasteiger partial charge on any atom is 0.390 e. The van der Waals surface area contributed by atoms with Crippen molar-refractivity contribution in [3.05, 3.63) is 21.3 Å². The molecule has 1 rings (SSSR count). The molecule has 82 valence electrons. The van der Waals surface area contributed by atoms with Crippen molar-refractivity contribution in [1.29, 1.82) is 0 Å². The molecule has 0 aliphatic heterocycles. The summed E-state index contributed by atoms with van der Waals surface area (Å²) in [5.41, 5.74) is 5.33. The highest BCUT2D eigenvalue weighted by Gasteiger charge is 2.31. The molecule has 1 aromatic heterocycles. The Balaban J connectivity index is 0.00000169. The third-order valence-electron chi connectivity index (χ3n) is 1.43. The predicted molar refractivity (Wildman–Crippen MR) is 54.2 cm³/mol. The van der Waals surface area contributed by atoms with E-state index in [0.29, 0.717) is 9.90 Å². The highest BCUT2D eigenvalue weighted by Crippen LogP contribution is 2.34. The van der Waals surface area contributed by atoms with Crippen LogP contribution in [0.4, 0.5) is 13.2 Å².